The third-order valence-electron chi connectivity index (χ3n) is 4.27. The normalized spacial score (nSPS) is 10.4. The summed E-state index contributed by atoms with van der Waals surface area (Å²) < 4.78 is 10.2. The van der Waals surface area contributed by atoms with E-state index < -0.39 is 0 Å². The molecule has 162 valence electrons. The molecule has 0 saturated carbocycles. The molecule has 30 heavy (non-hydrogen) atoms. The van der Waals surface area contributed by atoms with Crippen molar-refractivity contribution < 1.29 is 39.1 Å². The van der Waals surface area contributed by atoms with Crippen LogP contribution in [0, 0.1) is 0 Å². The van der Waals surface area contributed by atoms with Gasteiger partial charge in [-0.05, 0) is 43.2 Å². The Balaban J connectivity index is 1.52. The lowest BCUT2D eigenvalue weighted by Gasteiger charge is -2.08. The van der Waals surface area contributed by atoms with E-state index in [1.807, 2.05) is 0 Å². The highest BCUT2D eigenvalue weighted by Crippen LogP contribution is 2.29. The Hall–Kier alpha value is -3.26. The number of phenolic OH excluding ortho intramolecular Hbond substituents is 2. The largest absolute Gasteiger partial charge is 0.507 e. The highest BCUT2D eigenvalue weighted by molar-refractivity contribution is 5.80. The molecule has 0 fully saturated rings. The molecule has 0 saturated heterocycles. The van der Waals surface area contributed by atoms with Crippen molar-refractivity contribution in [3.8, 4) is 28.7 Å². The van der Waals surface area contributed by atoms with Gasteiger partial charge in [-0.2, -0.15) is 4.89 Å². The molecule has 0 amide bonds. The number of hydrogen-bond donors (Lipinski definition) is 2. The fourth-order valence-corrected chi connectivity index (χ4v) is 2.65. The van der Waals surface area contributed by atoms with E-state index in [9.17, 15) is 19.8 Å². The van der Waals surface area contributed by atoms with Crippen molar-refractivity contribution >= 4 is 12.3 Å². The lowest BCUT2D eigenvalue weighted by Crippen LogP contribution is -2.07. The van der Waals surface area contributed by atoms with Gasteiger partial charge in [0, 0.05) is 12.5 Å². The summed E-state index contributed by atoms with van der Waals surface area (Å²) in [7, 11) is 1.45. The number of ether oxygens (including phenoxy) is 2. The lowest BCUT2D eigenvalue weighted by molar-refractivity contribution is -0.207. The van der Waals surface area contributed by atoms with Gasteiger partial charge >= 0.3 is 5.97 Å². The second-order valence-electron chi connectivity index (χ2n) is 6.57. The van der Waals surface area contributed by atoms with Crippen LogP contribution < -0.4 is 14.4 Å². The second kappa shape index (κ2) is 12.3. The van der Waals surface area contributed by atoms with E-state index in [0.29, 0.717) is 30.8 Å². The van der Waals surface area contributed by atoms with E-state index in [2.05, 4.69) is 0 Å². The van der Waals surface area contributed by atoms with Crippen LogP contribution in [0.4, 0.5) is 0 Å². The van der Waals surface area contributed by atoms with Gasteiger partial charge in [0.05, 0.1) is 19.3 Å². The molecule has 8 nitrogen and oxygen atoms in total. The molecule has 0 heterocycles. The first-order chi connectivity index (χ1) is 14.5. The quantitative estimate of drug-likeness (QED) is 0.124. The molecule has 2 aromatic rings. The van der Waals surface area contributed by atoms with E-state index >= 15 is 0 Å². The van der Waals surface area contributed by atoms with Gasteiger partial charge in [0.1, 0.15) is 11.5 Å². The van der Waals surface area contributed by atoms with Crippen LogP contribution in [0.15, 0.2) is 36.4 Å². The average Bonchev–Trinajstić information content (AvgIpc) is 2.74. The minimum absolute atomic E-state index is 0.0301. The molecule has 2 rings (SSSR count). The Kier molecular flexibility index (Phi) is 9.47. The van der Waals surface area contributed by atoms with Crippen molar-refractivity contribution in [3.05, 3.63) is 42.0 Å². The highest BCUT2D eigenvalue weighted by atomic mass is 17.2. The summed E-state index contributed by atoms with van der Waals surface area (Å²) in [5, 5.41) is 18.9. The monoisotopic (exact) mass is 418 g/mol. The molecule has 0 atom stereocenters. The number of benzene rings is 2. The summed E-state index contributed by atoms with van der Waals surface area (Å²) in [4.78, 5) is 32.9. The second-order valence-corrected chi connectivity index (χ2v) is 6.57. The van der Waals surface area contributed by atoms with Crippen molar-refractivity contribution in [2.75, 3.05) is 13.7 Å². The summed E-state index contributed by atoms with van der Waals surface area (Å²) in [6, 6.07) is 8.66. The summed E-state index contributed by atoms with van der Waals surface area (Å²) >= 11 is 0. The molecule has 0 aliphatic carbocycles. The molecule has 0 unspecified atom stereocenters. The molecule has 0 aromatic heterocycles. The third kappa shape index (κ3) is 7.63. The number of aromatic hydroxyl groups is 2. The van der Waals surface area contributed by atoms with Gasteiger partial charge in [-0.25, -0.2) is 0 Å². The van der Waals surface area contributed by atoms with E-state index in [-0.39, 0.29) is 35.2 Å². The smallest absolute Gasteiger partial charge is 0.311 e. The summed E-state index contributed by atoms with van der Waals surface area (Å²) in [5.74, 6) is 0.493. The first-order valence-corrected chi connectivity index (χ1v) is 9.69. The van der Waals surface area contributed by atoms with Crippen LogP contribution >= 0.6 is 0 Å². The minimum atomic E-state index is -0.376. The zero-order chi connectivity index (χ0) is 21.8. The molecular weight excluding hydrogens is 392 g/mol. The molecule has 2 N–H and O–H groups in total. The Morgan fingerprint density at radius 3 is 2.40 bits per heavy atom. The van der Waals surface area contributed by atoms with Gasteiger partial charge < -0.3 is 24.6 Å². The van der Waals surface area contributed by atoms with Crippen LogP contribution in [-0.4, -0.2) is 36.2 Å². The zero-order valence-corrected chi connectivity index (χ0v) is 16.8. The molecular formula is C22H26O8. The van der Waals surface area contributed by atoms with Crippen LogP contribution in [0.3, 0.4) is 0 Å². The number of methoxy groups -OCH3 is 1. The summed E-state index contributed by atoms with van der Waals surface area (Å²) in [5.41, 5.74) is 0.0797. The zero-order valence-electron chi connectivity index (χ0n) is 16.8. The summed E-state index contributed by atoms with van der Waals surface area (Å²) in [6.07, 6.45) is 5.03. The van der Waals surface area contributed by atoms with E-state index in [1.54, 1.807) is 6.07 Å². The molecule has 0 aliphatic rings. The van der Waals surface area contributed by atoms with Crippen LogP contribution in [-0.2, 0) is 9.68 Å². The predicted molar refractivity (Wildman–Crippen MR) is 108 cm³/mol. The number of hydrogen-bond acceptors (Lipinski definition) is 8. The van der Waals surface area contributed by atoms with Crippen molar-refractivity contribution in [2.45, 2.75) is 38.5 Å². The van der Waals surface area contributed by atoms with Gasteiger partial charge in [-0.3, -0.25) is 9.59 Å². The number of aldehydes is 1. The average molecular weight is 418 g/mol. The van der Waals surface area contributed by atoms with Crippen molar-refractivity contribution in [1.29, 1.82) is 0 Å². The maximum Gasteiger partial charge on any atom is 0.311 e. The number of unbranched alkanes of at least 4 members (excludes halogenated alkanes) is 4. The van der Waals surface area contributed by atoms with Gasteiger partial charge in [0.25, 0.3) is 0 Å². The number of phenols is 2. The van der Waals surface area contributed by atoms with Crippen molar-refractivity contribution in [2.24, 2.45) is 0 Å². The van der Waals surface area contributed by atoms with Gasteiger partial charge in [-0.15, -0.1) is 0 Å². The van der Waals surface area contributed by atoms with Crippen molar-refractivity contribution in [1.82, 2.24) is 0 Å². The topological polar surface area (TPSA) is 112 Å². The van der Waals surface area contributed by atoms with Crippen LogP contribution in [0.25, 0.3) is 0 Å². The highest BCUT2D eigenvalue weighted by Gasteiger charge is 2.08. The summed E-state index contributed by atoms with van der Waals surface area (Å²) in [6.45, 7) is 0.422. The van der Waals surface area contributed by atoms with E-state index in [4.69, 9.17) is 19.2 Å². The van der Waals surface area contributed by atoms with Gasteiger partial charge in [0.2, 0.25) is 0 Å². The first kappa shape index (κ1) is 23.0. The molecule has 0 aliphatic heterocycles. The van der Waals surface area contributed by atoms with E-state index in [1.165, 1.54) is 37.4 Å². The van der Waals surface area contributed by atoms with E-state index in [0.717, 1.165) is 25.7 Å². The Labute approximate surface area is 174 Å². The number of esters is 1. The number of carbonyl (C=O) groups excluding carboxylic acids is 2. The predicted octanol–water partition coefficient (Wildman–Crippen LogP) is 4.18. The Morgan fingerprint density at radius 1 is 0.933 bits per heavy atom. The van der Waals surface area contributed by atoms with Gasteiger partial charge in [-0.1, -0.05) is 19.3 Å². The molecule has 0 radical (unpaired) electrons. The number of carbonyl (C=O) groups is 2. The minimum Gasteiger partial charge on any atom is -0.507 e. The SMILES string of the molecule is COc1cc(OOCCCCCCCC(=O)Oc2ccc(O)c(C=O)c2)ccc1O. The van der Waals surface area contributed by atoms with Crippen LogP contribution in [0.5, 0.6) is 28.7 Å². The van der Waals surface area contributed by atoms with Gasteiger partial charge in [0.15, 0.2) is 23.5 Å². The number of rotatable bonds is 13. The van der Waals surface area contributed by atoms with Crippen LogP contribution in [0.2, 0.25) is 0 Å². The molecule has 0 bridgehead atoms. The maximum atomic E-state index is 11.8. The Morgan fingerprint density at radius 2 is 1.63 bits per heavy atom. The fourth-order valence-electron chi connectivity index (χ4n) is 2.65. The molecule has 2 aromatic carbocycles. The van der Waals surface area contributed by atoms with Crippen LogP contribution in [0.1, 0.15) is 48.9 Å². The van der Waals surface area contributed by atoms with Crippen molar-refractivity contribution in [3.63, 3.8) is 0 Å². The fraction of sp³-hybridized carbons (Fsp3) is 0.364. The standard InChI is InChI=1S/C22H26O8/c1-27-21-14-18(9-11-20(21)25)30-28-12-6-4-2-3-5-7-22(26)29-17-8-10-19(24)16(13-17)15-23/h8-11,13-15,24-25H,2-7,12H2,1H3. The maximum absolute atomic E-state index is 11.8. The molecule has 0 spiro atoms. The molecule has 8 heteroatoms. The Bertz CT molecular complexity index is 834. The lowest BCUT2D eigenvalue weighted by atomic mass is 10.1. The first-order valence-electron chi connectivity index (χ1n) is 9.69. The third-order valence-corrected chi connectivity index (χ3v) is 4.27.